The van der Waals surface area contributed by atoms with Crippen molar-refractivity contribution in [2.75, 3.05) is 13.3 Å². The van der Waals surface area contributed by atoms with Crippen molar-refractivity contribution in [3.63, 3.8) is 0 Å². The van der Waals surface area contributed by atoms with Crippen LogP contribution in [0.4, 0.5) is 0 Å². The van der Waals surface area contributed by atoms with Gasteiger partial charge >= 0.3 is 0 Å². The van der Waals surface area contributed by atoms with Crippen molar-refractivity contribution in [1.82, 2.24) is 16.0 Å². The van der Waals surface area contributed by atoms with Crippen LogP contribution in [0.25, 0.3) is 0 Å². The van der Waals surface area contributed by atoms with Crippen molar-refractivity contribution in [3.8, 4) is 0 Å². The van der Waals surface area contributed by atoms with E-state index in [2.05, 4.69) is 38.5 Å². The summed E-state index contributed by atoms with van der Waals surface area (Å²) in [5.74, 6) is 0.274. The molecular weight excluding hydrogens is 530 g/mol. The van der Waals surface area contributed by atoms with Gasteiger partial charge in [0.1, 0.15) is 5.82 Å². The van der Waals surface area contributed by atoms with Crippen LogP contribution in [-0.4, -0.2) is 34.0 Å². The van der Waals surface area contributed by atoms with Gasteiger partial charge in [0.05, 0.1) is 26.0 Å². The monoisotopic (exact) mass is 555 g/mol. The third-order valence-electron chi connectivity index (χ3n) is 4.33. The fourth-order valence-corrected chi connectivity index (χ4v) is 3.62. The number of benzene rings is 2. The predicted molar refractivity (Wildman–Crippen MR) is 136 cm³/mol. The van der Waals surface area contributed by atoms with Crippen LogP contribution >= 0.6 is 27.5 Å². The van der Waals surface area contributed by atoms with E-state index in [-0.39, 0.29) is 16.8 Å². The molecule has 2 amide bonds. The Morgan fingerprint density at radius 2 is 1.73 bits per heavy atom. The molecule has 33 heavy (non-hydrogen) atoms. The summed E-state index contributed by atoms with van der Waals surface area (Å²) >= 11 is 9.32. The van der Waals surface area contributed by atoms with Gasteiger partial charge in [0.2, 0.25) is 6.41 Å². The van der Waals surface area contributed by atoms with E-state index in [1.54, 1.807) is 43.4 Å². The highest BCUT2D eigenvalue weighted by atomic mass is 79.9. The molecule has 1 unspecified atom stereocenters. The molecule has 0 saturated heterocycles. The Bertz CT molecular complexity index is 1130. The smallest absolute Gasteiger partial charge is 0.258 e. The van der Waals surface area contributed by atoms with Gasteiger partial charge in [0.15, 0.2) is 9.84 Å². The van der Waals surface area contributed by atoms with Crippen LogP contribution < -0.4 is 16.0 Å². The Kier molecular flexibility index (Phi) is 11.3. The van der Waals surface area contributed by atoms with E-state index in [4.69, 9.17) is 11.6 Å². The second kappa shape index (κ2) is 13.2. The van der Waals surface area contributed by atoms with E-state index >= 15 is 0 Å². The number of hydrogen-bond donors (Lipinski definition) is 3. The van der Waals surface area contributed by atoms with Crippen LogP contribution in [-0.2, 0) is 14.6 Å². The molecule has 0 aliphatic heterocycles. The molecule has 2 aromatic rings. The molecule has 0 radical (unpaired) electrons. The lowest BCUT2D eigenvalue weighted by Crippen LogP contribution is -2.30. The van der Waals surface area contributed by atoms with Crippen LogP contribution in [0.1, 0.15) is 35.8 Å². The van der Waals surface area contributed by atoms with Gasteiger partial charge in [-0.15, -0.1) is 0 Å². The van der Waals surface area contributed by atoms with Crippen molar-refractivity contribution < 1.29 is 18.0 Å². The maximum atomic E-state index is 12.0. The lowest BCUT2D eigenvalue weighted by atomic mass is 10.1. The van der Waals surface area contributed by atoms with Crippen LogP contribution in [0.5, 0.6) is 0 Å². The zero-order valence-electron chi connectivity index (χ0n) is 18.8. The summed E-state index contributed by atoms with van der Waals surface area (Å²) in [6.07, 6.45) is 1.78. The summed E-state index contributed by atoms with van der Waals surface area (Å²) in [6, 6.07) is 13.2. The second-order valence-electron chi connectivity index (χ2n) is 7.00. The van der Waals surface area contributed by atoms with Crippen molar-refractivity contribution in [1.29, 1.82) is 0 Å². The van der Waals surface area contributed by atoms with Gasteiger partial charge in [-0.2, -0.15) is 0 Å². The quantitative estimate of drug-likeness (QED) is 0.332. The Balaban J connectivity index is 0.000000335. The Labute approximate surface area is 208 Å². The molecule has 0 aromatic heterocycles. The SMILES string of the molecule is C=C(C)/C(Br)=C(\NC)NC(=O)c1ccccc1Cl.CC(NC=O)c1ccc(S(C)(=O)=O)cc1. The molecule has 10 heteroatoms. The maximum Gasteiger partial charge on any atom is 0.258 e. The van der Waals surface area contributed by atoms with Gasteiger partial charge in [-0.05, 0) is 65.2 Å². The molecule has 7 nitrogen and oxygen atoms in total. The summed E-state index contributed by atoms with van der Waals surface area (Å²) in [7, 11) is -1.43. The summed E-state index contributed by atoms with van der Waals surface area (Å²) in [4.78, 5) is 22.5. The van der Waals surface area contributed by atoms with E-state index in [1.165, 1.54) is 12.1 Å². The number of carbonyl (C=O) groups is 2. The highest BCUT2D eigenvalue weighted by Gasteiger charge is 2.13. The molecule has 0 aliphatic carbocycles. The first kappa shape index (κ1) is 28.4. The van der Waals surface area contributed by atoms with E-state index in [1.807, 2.05) is 13.8 Å². The summed E-state index contributed by atoms with van der Waals surface area (Å²) in [5, 5.41) is 8.65. The number of amides is 2. The van der Waals surface area contributed by atoms with Crippen LogP contribution in [0.2, 0.25) is 5.02 Å². The number of allylic oxidation sites excluding steroid dienone is 2. The summed E-state index contributed by atoms with van der Waals surface area (Å²) in [6.45, 7) is 7.46. The Morgan fingerprint density at radius 3 is 2.18 bits per heavy atom. The number of rotatable bonds is 8. The van der Waals surface area contributed by atoms with E-state index < -0.39 is 9.84 Å². The van der Waals surface area contributed by atoms with Gasteiger partial charge in [0.25, 0.3) is 5.91 Å². The zero-order valence-corrected chi connectivity index (χ0v) is 21.9. The molecule has 2 rings (SSSR count). The molecule has 0 heterocycles. The molecule has 0 bridgehead atoms. The number of carbonyl (C=O) groups excluding carboxylic acids is 2. The fraction of sp³-hybridized carbons (Fsp3) is 0.217. The van der Waals surface area contributed by atoms with Crippen LogP contribution in [0.3, 0.4) is 0 Å². The molecule has 3 N–H and O–H groups in total. The zero-order chi connectivity index (χ0) is 25.2. The number of halogens is 2. The molecule has 0 aliphatic rings. The van der Waals surface area contributed by atoms with Gasteiger partial charge in [0, 0.05) is 13.3 Å². The average Bonchev–Trinajstić information content (AvgIpc) is 2.77. The van der Waals surface area contributed by atoms with E-state index in [0.29, 0.717) is 27.3 Å². The normalized spacial score (nSPS) is 12.3. The van der Waals surface area contributed by atoms with Crippen LogP contribution in [0.15, 0.2) is 75.9 Å². The minimum atomic E-state index is -3.15. The van der Waals surface area contributed by atoms with Crippen molar-refractivity contribution in [2.45, 2.75) is 24.8 Å². The van der Waals surface area contributed by atoms with Crippen molar-refractivity contribution in [2.24, 2.45) is 0 Å². The lowest BCUT2D eigenvalue weighted by molar-refractivity contribution is -0.110. The molecular formula is C23H27BrClN3O4S. The Hall–Kier alpha value is -2.62. The van der Waals surface area contributed by atoms with Gasteiger partial charge in [-0.1, -0.05) is 42.4 Å². The minimum Gasteiger partial charge on any atom is -0.374 e. The number of nitrogens with one attached hydrogen (secondary N) is 3. The first-order chi connectivity index (χ1) is 15.4. The molecule has 0 saturated carbocycles. The average molecular weight is 557 g/mol. The van der Waals surface area contributed by atoms with Crippen molar-refractivity contribution >= 4 is 49.7 Å². The summed E-state index contributed by atoms with van der Waals surface area (Å²) < 4.78 is 23.0. The Morgan fingerprint density at radius 1 is 1.15 bits per heavy atom. The molecule has 178 valence electrons. The number of hydrogen-bond acceptors (Lipinski definition) is 5. The first-order valence-corrected chi connectivity index (χ1v) is 12.8. The summed E-state index contributed by atoms with van der Waals surface area (Å²) in [5.41, 5.74) is 2.10. The first-order valence-electron chi connectivity index (χ1n) is 9.71. The van der Waals surface area contributed by atoms with Gasteiger partial charge < -0.3 is 16.0 Å². The largest absolute Gasteiger partial charge is 0.374 e. The molecule has 0 spiro atoms. The predicted octanol–water partition coefficient (Wildman–Crippen LogP) is 4.33. The fourth-order valence-electron chi connectivity index (χ4n) is 2.47. The topological polar surface area (TPSA) is 104 Å². The minimum absolute atomic E-state index is 0.115. The van der Waals surface area contributed by atoms with Gasteiger partial charge in [-0.25, -0.2) is 8.42 Å². The van der Waals surface area contributed by atoms with E-state index in [0.717, 1.165) is 17.4 Å². The third-order valence-corrected chi connectivity index (χ3v) is 6.86. The molecule has 2 aromatic carbocycles. The second-order valence-corrected chi connectivity index (χ2v) is 10.2. The standard InChI is InChI=1S/C13H14BrClN2O.C10H13NO3S/c1-8(2)11(14)12(16-3)17-13(18)9-6-4-5-7-10(9)15;1-8(11-7-12)9-3-5-10(6-4-9)15(2,13)14/h4-7,16H,1H2,2-3H3,(H,17,18);3-8H,1-2H3,(H,11,12)/b12-11-;. The highest BCUT2D eigenvalue weighted by molar-refractivity contribution is 9.12. The van der Waals surface area contributed by atoms with E-state index in [9.17, 15) is 18.0 Å². The highest BCUT2D eigenvalue weighted by Crippen LogP contribution is 2.19. The number of sulfone groups is 1. The maximum absolute atomic E-state index is 12.0. The molecule has 1 atom stereocenters. The van der Waals surface area contributed by atoms with Crippen LogP contribution in [0, 0.1) is 0 Å². The lowest BCUT2D eigenvalue weighted by Gasteiger charge is -2.13. The molecule has 0 fully saturated rings. The van der Waals surface area contributed by atoms with Crippen molar-refractivity contribution in [3.05, 3.63) is 87.1 Å². The third kappa shape index (κ3) is 9.03. The van der Waals surface area contributed by atoms with Gasteiger partial charge in [-0.3, -0.25) is 9.59 Å².